The standard InChI is InChI=1S/C13H12N4O5S/c18-17(19)13-7-5-12(6-8-13)16-15-11-3-1-10(2-4-11)14-9-23(20,21)22/h1-8,14H,9H2,(H,20,21,22). The zero-order chi connectivity index (χ0) is 16.9. The number of azo groups is 1. The third-order valence-corrected chi connectivity index (χ3v) is 3.18. The van der Waals surface area contributed by atoms with Crippen molar-refractivity contribution in [1.82, 2.24) is 0 Å². The van der Waals surface area contributed by atoms with Crippen LogP contribution in [0.5, 0.6) is 0 Å². The first-order valence-corrected chi connectivity index (χ1v) is 7.90. The largest absolute Gasteiger partial charge is 0.370 e. The Bertz CT molecular complexity index is 816. The monoisotopic (exact) mass is 336 g/mol. The van der Waals surface area contributed by atoms with E-state index in [9.17, 15) is 18.5 Å². The van der Waals surface area contributed by atoms with Gasteiger partial charge < -0.3 is 5.32 Å². The first kappa shape index (κ1) is 16.5. The predicted molar refractivity (Wildman–Crippen MR) is 83.8 cm³/mol. The molecule has 0 spiro atoms. The number of rotatable bonds is 6. The highest BCUT2D eigenvalue weighted by Crippen LogP contribution is 2.22. The number of nitrogens with zero attached hydrogens (tertiary/aromatic N) is 3. The first-order chi connectivity index (χ1) is 10.8. The molecule has 0 atom stereocenters. The topological polar surface area (TPSA) is 134 Å². The molecule has 0 heterocycles. The minimum atomic E-state index is -4.09. The van der Waals surface area contributed by atoms with Gasteiger partial charge >= 0.3 is 0 Å². The highest BCUT2D eigenvalue weighted by Gasteiger charge is 2.04. The molecular weight excluding hydrogens is 324 g/mol. The van der Waals surface area contributed by atoms with Gasteiger partial charge in [-0.25, -0.2) is 0 Å². The van der Waals surface area contributed by atoms with E-state index in [1.165, 1.54) is 24.3 Å². The van der Waals surface area contributed by atoms with Gasteiger partial charge in [-0.2, -0.15) is 18.6 Å². The van der Waals surface area contributed by atoms with Crippen LogP contribution in [0.1, 0.15) is 0 Å². The fraction of sp³-hybridized carbons (Fsp3) is 0.0769. The van der Waals surface area contributed by atoms with Crippen molar-refractivity contribution in [1.29, 1.82) is 0 Å². The van der Waals surface area contributed by atoms with Crippen molar-refractivity contribution in [3.63, 3.8) is 0 Å². The van der Waals surface area contributed by atoms with Gasteiger partial charge in [-0.3, -0.25) is 14.7 Å². The van der Waals surface area contributed by atoms with E-state index in [-0.39, 0.29) is 5.69 Å². The third-order valence-electron chi connectivity index (χ3n) is 2.67. The lowest BCUT2D eigenvalue weighted by atomic mass is 10.3. The number of nitrogens with one attached hydrogen (secondary N) is 1. The average molecular weight is 336 g/mol. The number of nitro groups is 1. The molecule has 9 nitrogen and oxygen atoms in total. The Hall–Kier alpha value is -2.85. The SMILES string of the molecule is O=[N+]([O-])c1ccc(N=Nc2ccc(NCS(=O)(=O)O)cc2)cc1. The van der Waals surface area contributed by atoms with Crippen LogP contribution < -0.4 is 5.32 Å². The summed E-state index contributed by atoms with van der Waals surface area (Å²) in [5.41, 5.74) is 1.44. The van der Waals surface area contributed by atoms with Crippen molar-refractivity contribution < 1.29 is 17.9 Å². The number of hydrogen-bond acceptors (Lipinski definition) is 7. The molecule has 2 N–H and O–H groups in total. The van der Waals surface area contributed by atoms with E-state index in [1.807, 2.05) is 0 Å². The minimum Gasteiger partial charge on any atom is -0.370 e. The maximum Gasteiger partial charge on any atom is 0.283 e. The van der Waals surface area contributed by atoms with E-state index < -0.39 is 20.9 Å². The molecule has 0 bridgehead atoms. The molecule has 0 saturated carbocycles. The fourth-order valence-electron chi connectivity index (χ4n) is 1.58. The molecule has 0 aliphatic heterocycles. The molecule has 0 aliphatic rings. The minimum absolute atomic E-state index is 0.0294. The summed E-state index contributed by atoms with van der Waals surface area (Å²) in [6, 6.07) is 12.0. The molecule has 23 heavy (non-hydrogen) atoms. The number of non-ortho nitro benzene ring substituents is 1. The molecule has 2 aromatic carbocycles. The van der Waals surface area contributed by atoms with Gasteiger partial charge in [0.05, 0.1) is 16.3 Å². The van der Waals surface area contributed by atoms with Gasteiger partial charge in [-0.1, -0.05) is 0 Å². The highest BCUT2D eigenvalue weighted by molar-refractivity contribution is 7.85. The summed E-state index contributed by atoms with van der Waals surface area (Å²) < 4.78 is 29.9. The molecule has 0 fully saturated rings. The van der Waals surface area contributed by atoms with Gasteiger partial charge in [0.2, 0.25) is 0 Å². The summed E-state index contributed by atoms with van der Waals surface area (Å²) >= 11 is 0. The lowest BCUT2D eigenvalue weighted by molar-refractivity contribution is -0.384. The molecule has 0 aromatic heterocycles. The van der Waals surface area contributed by atoms with Crippen LogP contribution in [-0.2, 0) is 10.1 Å². The van der Waals surface area contributed by atoms with Crippen LogP contribution in [0.15, 0.2) is 58.8 Å². The zero-order valence-corrected chi connectivity index (χ0v) is 12.5. The summed E-state index contributed by atoms with van der Waals surface area (Å²) in [5, 5.41) is 21.0. The Labute approximate surface area is 131 Å². The number of hydrogen-bond donors (Lipinski definition) is 2. The lowest BCUT2D eigenvalue weighted by Crippen LogP contribution is -2.12. The second-order valence-electron chi connectivity index (χ2n) is 4.42. The van der Waals surface area contributed by atoms with Crippen LogP contribution in [-0.4, -0.2) is 23.8 Å². The van der Waals surface area contributed by atoms with Gasteiger partial charge in [0.15, 0.2) is 0 Å². The Morgan fingerprint density at radius 3 is 1.91 bits per heavy atom. The smallest absolute Gasteiger partial charge is 0.283 e. The van der Waals surface area contributed by atoms with E-state index >= 15 is 0 Å². The first-order valence-electron chi connectivity index (χ1n) is 6.29. The van der Waals surface area contributed by atoms with Crippen molar-refractivity contribution in [2.45, 2.75) is 0 Å². The van der Waals surface area contributed by atoms with E-state index in [1.54, 1.807) is 24.3 Å². The molecular formula is C13H12N4O5S. The van der Waals surface area contributed by atoms with Gasteiger partial charge in [-0.15, -0.1) is 0 Å². The average Bonchev–Trinajstić information content (AvgIpc) is 2.51. The predicted octanol–water partition coefficient (Wildman–Crippen LogP) is 3.27. The lowest BCUT2D eigenvalue weighted by Gasteiger charge is -2.03. The molecule has 120 valence electrons. The normalized spacial score (nSPS) is 11.5. The van der Waals surface area contributed by atoms with E-state index in [4.69, 9.17) is 4.55 Å². The van der Waals surface area contributed by atoms with Crippen molar-refractivity contribution in [3.8, 4) is 0 Å². The Kier molecular flexibility index (Phi) is 4.98. The summed E-state index contributed by atoms with van der Waals surface area (Å²) in [5.74, 6) is -0.587. The van der Waals surface area contributed by atoms with Crippen LogP contribution in [0, 0.1) is 10.1 Å². The second kappa shape index (κ2) is 6.94. The fourth-order valence-corrected chi connectivity index (χ4v) is 1.93. The molecule has 0 amide bonds. The summed E-state index contributed by atoms with van der Waals surface area (Å²) in [6.07, 6.45) is 0. The van der Waals surface area contributed by atoms with Gasteiger partial charge in [0.25, 0.3) is 15.8 Å². The van der Waals surface area contributed by atoms with Crippen molar-refractivity contribution in [2.75, 3.05) is 11.2 Å². The van der Waals surface area contributed by atoms with Crippen LogP contribution >= 0.6 is 0 Å². The maximum absolute atomic E-state index is 10.6. The van der Waals surface area contributed by atoms with E-state index in [0.29, 0.717) is 17.1 Å². The quantitative estimate of drug-likeness (QED) is 0.360. The number of benzene rings is 2. The molecule has 0 aliphatic carbocycles. The summed E-state index contributed by atoms with van der Waals surface area (Å²) in [6.45, 7) is 0. The van der Waals surface area contributed by atoms with E-state index in [2.05, 4.69) is 15.5 Å². The molecule has 0 unspecified atom stereocenters. The second-order valence-corrected chi connectivity index (χ2v) is 5.88. The maximum atomic E-state index is 10.6. The van der Waals surface area contributed by atoms with Crippen molar-refractivity contribution in [2.24, 2.45) is 10.2 Å². The van der Waals surface area contributed by atoms with Crippen molar-refractivity contribution in [3.05, 3.63) is 58.6 Å². The van der Waals surface area contributed by atoms with Crippen LogP contribution in [0.25, 0.3) is 0 Å². The summed E-state index contributed by atoms with van der Waals surface area (Å²) in [7, 11) is -4.09. The van der Waals surface area contributed by atoms with E-state index in [0.717, 1.165) is 0 Å². The van der Waals surface area contributed by atoms with Gasteiger partial charge in [0.1, 0.15) is 5.88 Å². The number of nitro benzene ring substituents is 1. The van der Waals surface area contributed by atoms with Crippen LogP contribution in [0.4, 0.5) is 22.7 Å². The summed E-state index contributed by atoms with van der Waals surface area (Å²) in [4.78, 5) is 10.0. The zero-order valence-electron chi connectivity index (χ0n) is 11.7. The Morgan fingerprint density at radius 1 is 1.00 bits per heavy atom. The molecule has 2 aromatic rings. The van der Waals surface area contributed by atoms with Crippen LogP contribution in [0.3, 0.4) is 0 Å². The Morgan fingerprint density at radius 2 is 1.48 bits per heavy atom. The molecule has 2 rings (SSSR count). The van der Waals surface area contributed by atoms with Gasteiger partial charge in [0, 0.05) is 17.8 Å². The van der Waals surface area contributed by atoms with Crippen LogP contribution in [0.2, 0.25) is 0 Å². The highest BCUT2D eigenvalue weighted by atomic mass is 32.2. The van der Waals surface area contributed by atoms with Gasteiger partial charge in [-0.05, 0) is 36.4 Å². The molecule has 10 heteroatoms. The Balaban J connectivity index is 2.01. The number of anilines is 1. The third kappa shape index (κ3) is 5.45. The molecule has 0 saturated heterocycles. The van der Waals surface area contributed by atoms with Crippen molar-refractivity contribution >= 4 is 32.9 Å². The molecule has 0 radical (unpaired) electrons.